The summed E-state index contributed by atoms with van der Waals surface area (Å²) in [6.07, 6.45) is 3.28. The van der Waals surface area contributed by atoms with Gasteiger partial charge in [-0.2, -0.15) is 0 Å². The van der Waals surface area contributed by atoms with Crippen molar-refractivity contribution in [1.82, 2.24) is 9.88 Å². The second-order valence-electron chi connectivity index (χ2n) is 6.41. The van der Waals surface area contributed by atoms with Gasteiger partial charge in [0.05, 0.1) is 0 Å². The molecule has 0 aliphatic carbocycles. The maximum atomic E-state index is 3.76. The van der Waals surface area contributed by atoms with Gasteiger partial charge in [0.15, 0.2) is 0 Å². The molecule has 116 valence electrons. The number of hydrogen-bond donors (Lipinski definition) is 1. The minimum Gasteiger partial charge on any atom is -0.319 e. The summed E-state index contributed by atoms with van der Waals surface area (Å²) < 4.78 is 2.34. The molecule has 0 spiro atoms. The first-order valence-electron chi connectivity index (χ1n) is 8.37. The fourth-order valence-corrected chi connectivity index (χ4v) is 3.61. The van der Waals surface area contributed by atoms with Gasteiger partial charge in [0.2, 0.25) is 0 Å². The highest BCUT2D eigenvalue weighted by atomic mass is 15.1. The second-order valence-corrected chi connectivity index (χ2v) is 6.41. The van der Waals surface area contributed by atoms with E-state index < -0.39 is 0 Å². The van der Waals surface area contributed by atoms with Crippen molar-refractivity contribution in [3.8, 4) is 5.69 Å². The van der Waals surface area contributed by atoms with Crippen LogP contribution in [0.3, 0.4) is 0 Å². The van der Waals surface area contributed by atoms with Gasteiger partial charge in [0.1, 0.15) is 0 Å². The molecule has 2 heterocycles. The Hall–Kier alpha value is -2.32. The van der Waals surface area contributed by atoms with Gasteiger partial charge in [-0.3, -0.25) is 0 Å². The minimum absolute atomic E-state index is 0.368. The molecule has 1 aromatic heterocycles. The van der Waals surface area contributed by atoms with Crippen LogP contribution >= 0.6 is 0 Å². The van der Waals surface area contributed by atoms with E-state index in [9.17, 15) is 0 Å². The number of rotatable bonds is 3. The maximum Gasteiger partial charge on any atom is 0.0497 e. The van der Waals surface area contributed by atoms with Crippen LogP contribution in [0.5, 0.6) is 0 Å². The summed E-state index contributed by atoms with van der Waals surface area (Å²) in [5.41, 5.74) is 5.43. The molecular formula is C21H22N2. The summed E-state index contributed by atoms with van der Waals surface area (Å²) in [5, 5.41) is 3.76. The Balaban J connectivity index is 1.65. The number of benzene rings is 2. The van der Waals surface area contributed by atoms with E-state index in [-0.39, 0.29) is 0 Å². The first-order chi connectivity index (χ1) is 11.3. The molecule has 2 heteroatoms. The van der Waals surface area contributed by atoms with E-state index >= 15 is 0 Å². The lowest BCUT2D eigenvalue weighted by atomic mass is 9.92. The minimum atomic E-state index is 0.368. The highest BCUT2D eigenvalue weighted by molar-refractivity contribution is 5.45. The van der Waals surface area contributed by atoms with Gasteiger partial charge in [0, 0.05) is 30.2 Å². The Morgan fingerprint density at radius 2 is 1.78 bits per heavy atom. The van der Waals surface area contributed by atoms with Crippen molar-refractivity contribution in [2.45, 2.75) is 31.8 Å². The standard InChI is InChI=1S/C21H22N2/c1-16(17-8-3-2-4-9-17)14-19-21-12-7-13-23(21)20-11-6-5-10-18(20)15-22-19/h2-13,16,19,22H,14-15H2,1H3/t16-,19-/m1/s1. The predicted octanol–water partition coefficient (Wildman–Crippen LogP) is 4.82. The number of para-hydroxylation sites is 1. The van der Waals surface area contributed by atoms with Gasteiger partial charge >= 0.3 is 0 Å². The molecule has 2 atom stereocenters. The number of nitrogens with one attached hydrogen (secondary N) is 1. The Bertz CT molecular complexity index is 788. The fourth-order valence-electron chi connectivity index (χ4n) is 3.61. The van der Waals surface area contributed by atoms with Crippen molar-refractivity contribution in [2.24, 2.45) is 0 Å². The summed E-state index contributed by atoms with van der Waals surface area (Å²) in [4.78, 5) is 0. The van der Waals surface area contributed by atoms with Crippen LogP contribution in [0.25, 0.3) is 5.69 Å². The molecule has 3 aromatic rings. The van der Waals surface area contributed by atoms with Crippen LogP contribution < -0.4 is 5.32 Å². The highest BCUT2D eigenvalue weighted by Gasteiger charge is 2.23. The second kappa shape index (κ2) is 6.05. The van der Waals surface area contributed by atoms with Crippen molar-refractivity contribution in [3.63, 3.8) is 0 Å². The maximum absolute atomic E-state index is 3.76. The molecule has 4 rings (SSSR count). The lowest BCUT2D eigenvalue weighted by Gasteiger charge is -2.22. The lowest BCUT2D eigenvalue weighted by Crippen LogP contribution is -2.21. The summed E-state index contributed by atoms with van der Waals surface area (Å²) in [6.45, 7) is 3.24. The molecule has 1 N–H and O–H groups in total. The van der Waals surface area contributed by atoms with Crippen LogP contribution in [-0.4, -0.2) is 4.57 Å². The van der Waals surface area contributed by atoms with E-state index in [1.54, 1.807) is 0 Å². The molecule has 2 aromatic carbocycles. The molecule has 2 nitrogen and oxygen atoms in total. The zero-order valence-electron chi connectivity index (χ0n) is 13.4. The summed E-state index contributed by atoms with van der Waals surface area (Å²) >= 11 is 0. The summed E-state index contributed by atoms with van der Waals surface area (Å²) in [6, 6.07) is 24.2. The van der Waals surface area contributed by atoms with Gasteiger partial charge < -0.3 is 9.88 Å². The van der Waals surface area contributed by atoms with E-state index in [0.717, 1.165) is 13.0 Å². The Morgan fingerprint density at radius 3 is 2.65 bits per heavy atom. The van der Waals surface area contributed by atoms with Crippen molar-refractivity contribution in [3.05, 3.63) is 89.7 Å². The van der Waals surface area contributed by atoms with Crippen LogP contribution in [0.2, 0.25) is 0 Å². The van der Waals surface area contributed by atoms with Gasteiger partial charge in [0.25, 0.3) is 0 Å². The van der Waals surface area contributed by atoms with Crippen molar-refractivity contribution >= 4 is 0 Å². The summed E-state index contributed by atoms with van der Waals surface area (Å²) in [5.74, 6) is 0.526. The number of hydrogen-bond acceptors (Lipinski definition) is 1. The fraction of sp³-hybridized carbons (Fsp3) is 0.238. The average molecular weight is 302 g/mol. The van der Waals surface area contributed by atoms with Crippen molar-refractivity contribution < 1.29 is 0 Å². The third-order valence-corrected chi connectivity index (χ3v) is 4.89. The lowest BCUT2D eigenvalue weighted by molar-refractivity contribution is 0.459. The van der Waals surface area contributed by atoms with Crippen LogP contribution in [0.1, 0.15) is 42.1 Å². The van der Waals surface area contributed by atoms with Crippen molar-refractivity contribution in [2.75, 3.05) is 0 Å². The molecular weight excluding hydrogens is 280 g/mol. The van der Waals surface area contributed by atoms with E-state index in [2.05, 4.69) is 89.7 Å². The summed E-state index contributed by atoms with van der Waals surface area (Å²) in [7, 11) is 0. The number of fused-ring (bicyclic) bond motifs is 3. The molecule has 0 saturated carbocycles. The van der Waals surface area contributed by atoms with Gasteiger partial charge in [-0.05, 0) is 41.7 Å². The van der Waals surface area contributed by atoms with Gasteiger partial charge in [-0.25, -0.2) is 0 Å². The largest absolute Gasteiger partial charge is 0.319 e. The van der Waals surface area contributed by atoms with Crippen LogP contribution in [0.15, 0.2) is 72.9 Å². The third-order valence-electron chi connectivity index (χ3n) is 4.89. The number of nitrogens with zero attached hydrogens (tertiary/aromatic N) is 1. The van der Waals surface area contributed by atoms with E-state index in [1.165, 1.54) is 22.5 Å². The van der Waals surface area contributed by atoms with E-state index in [1.807, 2.05) is 0 Å². The molecule has 0 bridgehead atoms. The zero-order valence-corrected chi connectivity index (χ0v) is 13.4. The topological polar surface area (TPSA) is 17.0 Å². The molecule has 0 unspecified atom stereocenters. The van der Waals surface area contributed by atoms with Crippen LogP contribution in [0.4, 0.5) is 0 Å². The van der Waals surface area contributed by atoms with Gasteiger partial charge in [-0.15, -0.1) is 0 Å². The van der Waals surface area contributed by atoms with E-state index in [0.29, 0.717) is 12.0 Å². The first-order valence-corrected chi connectivity index (χ1v) is 8.37. The Labute approximate surface area is 137 Å². The molecule has 0 amide bonds. The molecule has 0 fully saturated rings. The SMILES string of the molecule is C[C@H](C[C@H]1NCc2ccccc2-n2cccc21)c1ccccc1. The number of aromatic nitrogens is 1. The third kappa shape index (κ3) is 2.71. The molecule has 1 aliphatic rings. The normalized spacial score (nSPS) is 17.9. The van der Waals surface area contributed by atoms with E-state index in [4.69, 9.17) is 0 Å². The molecule has 1 aliphatic heterocycles. The van der Waals surface area contributed by atoms with Gasteiger partial charge in [-0.1, -0.05) is 55.5 Å². The first kappa shape index (κ1) is 14.3. The highest BCUT2D eigenvalue weighted by Crippen LogP contribution is 2.32. The molecule has 0 saturated heterocycles. The average Bonchev–Trinajstić information content (AvgIpc) is 3.04. The zero-order chi connectivity index (χ0) is 15.6. The Kier molecular flexibility index (Phi) is 3.76. The van der Waals surface area contributed by atoms with Crippen LogP contribution in [0, 0.1) is 0 Å². The molecule has 23 heavy (non-hydrogen) atoms. The quantitative estimate of drug-likeness (QED) is 0.734. The predicted molar refractivity (Wildman–Crippen MR) is 94.8 cm³/mol. The van der Waals surface area contributed by atoms with Crippen molar-refractivity contribution in [1.29, 1.82) is 0 Å². The Morgan fingerprint density at radius 1 is 1.00 bits per heavy atom. The molecule has 0 radical (unpaired) electrons. The monoisotopic (exact) mass is 302 g/mol. The van der Waals surface area contributed by atoms with Crippen LogP contribution in [-0.2, 0) is 6.54 Å². The smallest absolute Gasteiger partial charge is 0.0497 e.